The molecule has 0 spiro atoms. The number of benzene rings is 3. The summed E-state index contributed by atoms with van der Waals surface area (Å²) in [6.45, 7) is 4.15. The predicted molar refractivity (Wildman–Crippen MR) is 107 cm³/mol. The molecule has 0 bridgehead atoms. The number of rotatable bonds is 6. The van der Waals surface area contributed by atoms with Crippen LogP contribution in [-0.4, -0.2) is 19.9 Å². The fraction of sp³-hybridized carbons (Fsp3) is 0.0870. The van der Waals surface area contributed by atoms with Crippen molar-refractivity contribution in [1.82, 2.24) is 0 Å². The molecule has 0 saturated heterocycles. The van der Waals surface area contributed by atoms with E-state index in [-0.39, 0.29) is 0 Å². The van der Waals surface area contributed by atoms with Gasteiger partial charge in [-0.3, -0.25) is 0 Å². The highest BCUT2D eigenvalue weighted by atomic mass is 16.5. The molecule has 0 aromatic heterocycles. The molecule has 0 heterocycles. The van der Waals surface area contributed by atoms with Gasteiger partial charge in [0.05, 0.1) is 25.6 Å². The van der Waals surface area contributed by atoms with Gasteiger partial charge in [0.1, 0.15) is 11.5 Å². The van der Waals surface area contributed by atoms with E-state index in [4.69, 9.17) is 14.5 Å². The zero-order valence-electron chi connectivity index (χ0n) is 15.0. The molecule has 0 N–H and O–H groups in total. The Hall–Kier alpha value is -3.33. The quantitative estimate of drug-likeness (QED) is 0.575. The minimum atomic E-state index is 0.715. The average Bonchev–Trinajstić information content (AvgIpc) is 2.73. The van der Waals surface area contributed by atoms with E-state index < -0.39 is 0 Å². The van der Waals surface area contributed by atoms with Crippen LogP contribution in [-0.2, 0) is 0 Å². The number of aliphatic imine (C=N–C) groups is 1. The van der Waals surface area contributed by atoms with Crippen LogP contribution in [0.5, 0.6) is 11.5 Å². The lowest BCUT2D eigenvalue weighted by Crippen LogP contribution is -2.04. The second-order valence-corrected chi connectivity index (χ2v) is 5.73. The lowest BCUT2D eigenvalue weighted by Gasteiger charge is -2.11. The third-order valence-electron chi connectivity index (χ3n) is 4.08. The molecular formula is C23H21NO2. The molecule has 3 aromatic rings. The van der Waals surface area contributed by atoms with Gasteiger partial charge >= 0.3 is 0 Å². The predicted octanol–water partition coefficient (Wildman–Crippen LogP) is 5.21. The van der Waals surface area contributed by atoms with E-state index in [1.54, 1.807) is 14.2 Å². The van der Waals surface area contributed by atoms with Crippen LogP contribution < -0.4 is 9.47 Å². The van der Waals surface area contributed by atoms with Crippen LogP contribution >= 0.6 is 0 Å². The van der Waals surface area contributed by atoms with Gasteiger partial charge in [-0.1, -0.05) is 36.9 Å². The lowest BCUT2D eigenvalue weighted by atomic mass is 10.0. The number of hydrogen-bond donors (Lipinski definition) is 0. The van der Waals surface area contributed by atoms with E-state index in [1.807, 2.05) is 78.9 Å². The molecule has 0 amide bonds. The first-order valence-corrected chi connectivity index (χ1v) is 8.33. The van der Waals surface area contributed by atoms with Gasteiger partial charge in [-0.25, -0.2) is 4.99 Å². The summed E-state index contributed by atoms with van der Waals surface area (Å²) in [6, 6.07) is 25.7. The number of nitrogens with zero attached hydrogens (tertiary/aromatic N) is 1. The molecular weight excluding hydrogens is 322 g/mol. The van der Waals surface area contributed by atoms with Crippen molar-refractivity contribution in [3.63, 3.8) is 0 Å². The maximum atomic E-state index is 5.26. The molecule has 0 saturated carbocycles. The number of ether oxygens (including phenoxy) is 2. The summed E-state index contributed by atoms with van der Waals surface area (Å²) in [5.41, 5.74) is 4.55. The van der Waals surface area contributed by atoms with Gasteiger partial charge in [-0.15, -0.1) is 0 Å². The van der Waals surface area contributed by atoms with Gasteiger partial charge in [-0.2, -0.15) is 0 Å². The molecule has 0 fully saturated rings. The molecule has 3 aromatic carbocycles. The van der Waals surface area contributed by atoms with Crippen LogP contribution in [0.2, 0.25) is 0 Å². The maximum Gasteiger partial charge on any atom is 0.118 e. The fourth-order valence-corrected chi connectivity index (χ4v) is 2.62. The highest BCUT2D eigenvalue weighted by Gasteiger charge is 2.09. The van der Waals surface area contributed by atoms with Crippen LogP contribution in [0, 0.1) is 0 Å². The third-order valence-corrected chi connectivity index (χ3v) is 4.08. The van der Waals surface area contributed by atoms with E-state index in [0.717, 1.165) is 33.9 Å². The van der Waals surface area contributed by atoms with Crippen LogP contribution in [0.25, 0.3) is 5.70 Å². The van der Waals surface area contributed by atoms with Crippen molar-refractivity contribution in [3.05, 3.63) is 102 Å². The second-order valence-electron chi connectivity index (χ2n) is 5.73. The third kappa shape index (κ3) is 4.01. The van der Waals surface area contributed by atoms with Crippen LogP contribution in [0.4, 0.5) is 0 Å². The van der Waals surface area contributed by atoms with Gasteiger partial charge in [0.2, 0.25) is 0 Å². The first kappa shape index (κ1) is 17.5. The summed E-state index contributed by atoms with van der Waals surface area (Å²) < 4.78 is 10.5. The Labute approximate surface area is 154 Å². The van der Waals surface area contributed by atoms with E-state index in [0.29, 0.717) is 5.70 Å². The van der Waals surface area contributed by atoms with Gasteiger partial charge in [0, 0.05) is 11.1 Å². The molecule has 0 atom stereocenters. The molecule has 0 aliphatic rings. The lowest BCUT2D eigenvalue weighted by molar-refractivity contribution is 0.414. The summed E-state index contributed by atoms with van der Waals surface area (Å²) in [7, 11) is 3.31. The van der Waals surface area contributed by atoms with Gasteiger partial charge < -0.3 is 9.47 Å². The molecule has 0 aliphatic heterocycles. The molecule has 3 nitrogen and oxygen atoms in total. The Bertz CT molecular complexity index is 846. The summed E-state index contributed by atoms with van der Waals surface area (Å²) in [4.78, 5) is 4.84. The molecule has 26 heavy (non-hydrogen) atoms. The summed E-state index contributed by atoms with van der Waals surface area (Å²) in [5, 5.41) is 0. The normalized spacial score (nSPS) is 10.1. The van der Waals surface area contributed by atoms with Crippen molar-refractivity contribution in [1.29, 1.82) is 0 Å². The highest BCUT2D eigenvalue weighted by Crippen LogP contribution is 2.22. The molecule has 0 radical (unpaired) electrons. The standard InChI is InChI=1S/C23H21NO2/c1-17(18-7-5-4-6-8-18)24-23(19-9-13-21(25-2)14-10-19)20-11-15-22(26-3)16-12-20/h4-16H,1H2,2-3H3. The topological polar surface area (TPSA) is 30.8 Å². The Morgan fingerprint density at radius 1 is 0.654 bits per heavy atom. The zero-order valence-corrected chi connectivity index (χ0v) is 15.0. The van der Waals surface area contributed by atoms with E-state index in [9.17, 15) is 0 Å². The summed E-state index contributed by atoms with van der Waals surface area (Å²) in [6.07, 6.45) is 0. The van der Waals surface area contributed by atoms with Crippen molar-refractivity contribution in [2.24, 2.45) is 4.99 Å². The average molecular weight is 343 g/mol. The molecule has 130 valence electrons. The van der Waals surface area contributed by atoms with Crippen molar-refractivity contribution in [2.75, 3.05) is 14.2 Å². The molecule has 3 rings (SSSR count). The summed E-state index contributed by atoms with van der Waals surface area (Å²) in [5.74, 6) is 1.62. The second kappa shape index (κ2) is 8.17. The first-order chi connectivity index (χ1) is 12.7. The van der Waals surface area contributed by atoms with Crippen molar-refractivity contribution < 1.29 is 9.47 Å². The molecule has 0 unspecified atom stereocenters. The largest absolute Gasteiger partial charge is 0.497 e. The van der Waals surface area contributed by atoms with Gasteiger partial charge in [-0.05, 0) is 54.1 Å². The zero-order chi connectivity index (χ0) is 18.4. The first-order valence-electron chi connectivity index (χ1n) is 8.33. The van der Waals surface area contributed by atoms with Gasteiger partial charge in [0.15, 0.2) is 0 Å². The van der Waals surface area contributed by atoms with Crippen molar-refractivity contribution >= 4 is 11.4 Å². The Morgan fingerprint density at radius 2 is 1.12 bits per heavy atom. The van der Waals surface area contributed by atoms with Crippen LogP contribution in [0.1, 0.15) is 16.7 Å². The van der Waals surface area contributed by atoms with E-state index >= 15 is 0 Å². The van der Waals surface area contributed by atoms with Crippen LogP contribution in [0.3, 0.4) is 0 Å². The number of methoxy groups -OCH3 is 2. The number of hydrogen-bond acceptors (Lipinski definition) is 3. The fourth-order valence-electron chi connectivity index (χ4n) is 2.62. The molecule has 3 heteroatoms. The monoisotopic (exact) mass is 343 g/mol. The van der Waals surface area contributed by atoms with Crippen LogP contribution in [0.15, 0.2) is 90.4 Å². The summed E-state index contributed by atoms with van der Waals surface area (Å²) >= 11 is 0. The highest BCUT2D eigenvalue weighted by molar-refractivity contribution is 6.14. The van der Waals surface area contributed by atoms with Crippen molar-refractivity contribution in [3.8, 4) is 11.5 Å². The maximum absolute atomic E-state index is 5.26. The Kier molecular flexibility index (Phi) is 5.49. The minimum Gasteiger partial charge on any atom is -0.497 e. The van der Waals surface area contributed by atoms with Crippen molar-refractivity contribution in [2.45, 2.75) is 0 Å². The minimum absolute atomic E-state index is 0.715. The molecule has 0 aliphatic carbocycles. The van der Waals surface area contributed by atoms with E-state index in [1.165, 1.54) is 0 Å². The van der Waals surface area contributed by atoms with E-state index in [2.05, 4.69) is 6.58 Å². The smallest absolute Gasteiger partial charge is 0.118 e. The SMILES string of the molecule is C=C(N=C(c1ccc(OC)cc1)c1ccc(OC)cc1)c1ccccc1. The van der Waals surface area contributed by atoms with Gasteiger partial charge in [0.25, 0.3) is 0 Å². The Morgan fingerprint density at radius 3 is 1.54 bits per heavy atom. The Balaban J connectivity index is 2.05.